The first-order chi connectivity index (χ1) is 10.5. The van der Waals surface area contributed by atoms with Crippen molar-refractivity contribution in [2.24, 2.45) is 0 Å². The van der Waals surface area contributed by atoms with Crippen molar-refractivity contribution >= 4 is 7.85 Å². The highest BCUT2D eigenvalue weighted by atomic mass is 16.5. The standard InChI is InChI=1S/C15H12BNO.C3H9N/c1-18-14-8-6-13(7-9-14)15(16)12-4-2-11(10-17)3-5-12;1-4(2)3/h2-9,15H,1H3;1-3H3. The molecule has 0 aliphatic carbocycles. The SMILES string of the molecule is CN(C)C.[B]C(c1ccc(C#N)cc1)c1ccc(OC)cc1. The molecule has 0 fully saturated rings. The van der Waals surface area contributed by atoms with Crippen molar-refractivity contribution in [3.63, 3.8) is 0 Å². The summed E-state index contributed by atoms with van der Waals surface area (Å²) in [6.45, 7) is 0. The molecule has 0 aliphatic heterocycles. The van der Waals surface area contributed by atoms with Crippen LogP contribution in [0.1, 0.15) is 22.5 Å². The predicted molar refractivity (Wildman–Crippen MR) is 91.4 cm³/mol. The summed E-state index contributed by atoms with van der Waals surface area (Å²) < 4.78 is 5.11. The van der Waals surface area contributed by atoms with Gasteiger partial charge < -0.3 is 9.64 Å². The van der Waals surface area contributed by atoms with Crippen molar-refractivity contribution in [2.45, 2.75) is 5.82 Å². The molecule has 1 unspecified atom stereocenters. The van der Waals surface area contributed by atoms with Crippen LogP contribution in [0.2, 0.25) is 0 Å². The van der Waals surface area contributed by atoms with Gasteiger partial charge in [-0.1, -0.05) is 24.3 Å². The summed E-state index contributed by atoms with van der Waals surface area (Å²) >= 11 is 0. The largest absolute Gasteiger partial charge is 0.497 e. The minimum atomic E-state index is -0.191. The smallest absolute Gasteiger partial charge is 0.118 e. The zero-order valence-corrected chi connectivity index (χ0v) is 13.6. The van der Waals surface area contributed by atoms with E-state index in [9.17, 15) is 0 Å². The molecule has 112 valence electrons. The highest BCUT2D eigenvalue weighted by Crippen LogP contribution is 2.23. The summed E-state index contributed by atoms with van der Waals surface area (Å²) in [6.07, 6.45) is 0. The third-order valence-corrected chi connectivity index (χ3v) is 2.87. The van der Waals surface area contributed by atoms with Crippen LogP contribution in [0.5, 0.6) is 5.75 Å². The van der Waals surface area contributed by atoms with Crippen molar-refractivity contribution in [1.82, 2.24) is 4.90 Å². The van der Waals surface area contributed by atoms with Crippen molar-refractivity contribution in [3.8, 4) is 11.8 Å². The number of methoxy groups -OCH3 is 1. The Morgan fingerprint density at radius 3 is 1.73 bits per heavy atom. The van der Waals surface area contributed by atoms with E-state index in [0.29, 0.717) is 5.56 Å². The van der Waals surface area contributed by atoms with Gasteiger partial charge in [-0.25, -0.2) is 0 Å². The Bertz CT molecular complexity index is 598. The molecule has 2 radical (unpaired) electrons. The van der Waals surface area contributed by atoms with E-state index < -0.39 is 0 Å². The van der Waals surface area contributed by atoms with Gasteiger partial charge in [0.25, 0.3) is 0 Å². The summed E-state index contributed by atoms with van der Waals surface area (Å²) in [6, 6.07) is 17.1. The van der Waals surface area contributed by atoms with Gasteiger partial charge in [0.1, 0.15) is 5.75 Å². The molecule has 2 aromatic rings. The number of benzene rings is 2. The fourth-order valence-corrected chi connectivity index (χ4v) is 1.77. The van der Waals surface area contributed by atoms with Crippen LogP contribution in [-0.2, 0) is 0 Å². The summed E-state index contributed by atoms with van der Waals surface area (Å²) in [5, 5.41) is 8.75. The summed E-state index contributed by atoms with van der Waals surface area (Å²) in [7, 11) is 13.8. The lowest BCUT2D eigenvalue weighted by atomic mass is 9.76. The topological polar surface area (TPSA) is 36.3 Å². The minimum Gasteiger partial charge on any atom is -0.497 e. The Morgan fingerprint density at radius 2 is 1.36 bits per heavy atom. The van der Waals surface area contributed by atoms with E-state index in [0.717, 1.165) is 16.9 Å². The van der Waals surface area contributed by atoms with Gasteiger partial charge >= 0.3 is 0 Å². The first-order valence-electron chi connectivity index (χ1n) is 6.98. The molecule has 1 atom stereocenters. The van der Waals surface area contributed by atoms with E-state index in [4.69, 9.17) is 17.8 Å². The second-order valence-electron chi connectivity index (χ2n) is 5.33. The molecule has 0 heterocycles. The van der Waals surface area contributed by atoms with Crippen molar-refractivity contribution in [2.75, 3.05) is 28.3 Å². The lowest BCUT2D eigenvalue weighted by molar-refractivity contribution is 0.414. The lowest BCUT2D eigenvalue weighted by Gasteiger charge is -2.13. The van der Waals surface area contributed by atoms with Crippen molar-refractivity contribution in [1.29, 1.82) is 5.26 Å². The van der Waals surface area contributed by atoms with Crippen molar-refractivity contribution in [3.05, 3.63) is 65.2 Å². The molecule has 0 amide bonds. The van der Waals surface area contributed by atoms with Crippen LogP contribution in [0.25, 0.3) is 0 Å². The summed E-state index contributed by atoms with van der Waals surface area (Å²) in [5.41, 5.74) is 2.64. The van der Waals surface area contributed by atoms with Crippen LogP contribution in [0.15, 0.2) is 48.5 Å². The molecule has 0 N–H and O–H groups in total. The Balaban J connectivity index is 0.000000541. The molecule has 0 spiro atoms. The second kappa shape index (κ2) is 8.91. The molecule has 0 aliphatic rings. The molecule has 3 nitrogen and oxygen atoms in total. The third kappa shape index (κ3) is 5.63. The molecule has 2 rings (SSSR count). The van der Waals surface area contributed by atoms with Gasteiger partial charge in [0.15, 0.2) is 0 Å². The first-order valence-corrected chi connectivity index (χ1v) is 6.98. The molecule has 0 saturated carbocycles. The van der Waals surface area contributed by atoms with Crippen molar-refractivity contribution < 1.29 is 4.74 Å². The average molecular weight is 292 g/mol. The molecule has 4 heteroatoms. The average Bonchev–Trinajstić information content (AvgIpc) is 2.54. The molecule has 2 aromatic carbocycles. The van der Waals surface area contributed by atoms with Gasteiger partial charge in [-0.2, -0.15) is 5.26 Å². The van der Waals surface area contributed by atoms with Gasteiger partial charge in [0.05, 0.1) is 26.6 Å². The number of ether oxygens (including phenoxy) is 1. The number of nitrogens with zero attached hydrogens (tertiary/aromatic N) is 2. The molecule has 0 bridgehead atoms. The highest BCUT2D eigenvalue weighted by Gasteiger charge is 2.07. The van der Waals surface area contributed by atoms with E-state index >= 15 is 0 Å². The van der Waals surface area contributed by atoms with Gasteiger partial charge in [-0.15, -0.1) is 0 Å². The monoisotopic (exact) mass is 292 g/mol. The van der Waals surface area contributed by atoms with E-state index in [1.54, 1.807) is 19.2 Å². The van der Waals surface area contributed by atoms with Gasteiger partial charge in [-0.3, -0.25) is 0 Å². The zero-order chi connectivity index (χ0) is 16.5. The fraction of sp³-hybridized carbons (Fsp3) is 0.278. The minimum absolute atomic E-state index is 0.191. The number of rotatable bonds is 3. The van der Waals surface area contributed by atoms with Crippen LogP contribution in [0.3, 0.4) is 0 Å². The molecular weight excluding hydrogens is 271 g/mol. The van der Waals surface area contributed by atoms with Crippen LogP contribution in [0.4, 0.5) is 0 Å². The second-order valence-corrected chi connectivity index (χ2v) is 5.33. The van der Waals surface area contributed by atoms with Crippen LogP contribution < -0.4 is 4.74 Å². The Kier molecular flexibility index (Phi) is 7.21. The summed E-state index contributed by atoms with van der Waals surface area (Å²) in [5.74, 6) is 0.620. The molecule has 22 heavy (non-hydrogen) atoms. The van der Waals surface area contributed by atoms with E-state index in [-0.39, 0.29) is 5.82 Å². The molecule has 0 aromatic heterocycles. The molecule has 0 saturated heterocycles. The van der Waals surface area contributed by atoms with E-state index in [1.807, 2.05) is 62.4 Å². The quantitative estimate of drug-likeness (QED) is 0.816. The maximum Gasteiger partial charge on any atom is 0.118 e. The highest BCUT2D eigenvalue weighted by molar-refractivity contribution is 6.14. The zero-order valence-electron chi connectivity index (χ0n) is 13.6. The third-order valence-electron chi connectivity index (χ3n) is 2.87. The molecular formula is C18H21BN2O. The Labute approximate surface area is 134 Å². The predicted octanol–water partition coefficient (Wildman–Crippen LogP) is 3.00. The lowest BCUT2D eigenvalue weighted by Crippen LogP contribution is -2.00. The van der Waals surface area contributed by atoms with E-state index in [1.165, 1.54) is 0 Å². The Hall–Kier alpha value is -2.25. The normalized spacial score (nSPS) is 11.1. The summed E-state index contributed by atoms with van der Waals surface area (Å²) in [4.78, 5) is 2.00. The van der Waals surface area contributed by atoms with Gasteiger partial charge in [0.2, 0.25) is 0 Å². The first kappa shape index (κ1) is 17.8. The maximum absolute atomic E-state index is 8.75. The Morgan fingerprint density at radius 1 is 0.955 bits per heavy atom. The van der Waals surface area contributed by atoms with Crippen LogP contribution >= 0.6 is 0 Å². The van der Waals surface area contributed by atoms with Crippen LogP contribution in [0, 0.1) is 11.3 Å². The van der Waals surface area contributed by atoms with E-state index in [2.05, 4.69) is 6.07 Å². The fourth-order valence-electron chi connectivity index (χ4n) is 1.77. The number of nitriles is 1. The van der Waals surface area contributed by atoms with Crippen LogP contribution in [-0.4, -0.2) is 41.0 Å². The van der Waals surface area contributed by atoms with Gasteiger partial charge in [-0.05, 0) is 62.4 Å². The number of hydrogen-bond acceptors (Lipinski definition) is 3. The maximum atomic E-state index is 8.75. The van der Waals surface area contributed by atoms with Gasteiger partial charge in [0, 0.05) is 0 Å². The number of hydrogen-bond donors (Lipinski definition) is 0.